The van der Waals surface area contributed by atoms with E-state index >= 15 is 0 Å². The molecule has 2 saturated heterocycles. The fourth-order valence-corrected chi connectivity index (χ4v) is 2.97. The summed E-state index contributed by atoms with van der Waals surface area (Å²) in [6.07, 6.45) is -12.8. The van der Waals surface area contributed by atoms with Crippen molar-refractivity contribution in [2.45, 2.75) is 61.3 Å². The average molecular weight is 384 g/mol. The molecule has 12 heteroatoms. The number of aliphatic hydroxyl groups is 8. The molecule has 2 fully saturated rings. The maximum atomic E-state index is 9.89. The van der Waals surface area contributed by atoms with Crippen molar-refractivity contribution in [1.82, 2.24) is 10.6 Å². The predicted molar refractivity (Wildman–Crippen MR) is 83.5 cm³/mol. The highest BCUT2D eigenvalue weighted by Crippen LogP contribution is 2.20. The summed E-state index contributed by atoms with van der Waals surface area (Å²) in [5.74, 6) is 0. The van der Waals surface area contributed by atoms with Crippen molar-refractivity contribution in [1.29, 1.82) is 0 Å². The zero-order valence-corrected chi connectivity index (χ0v) is 14.0. The summed E-state index contributed by atoms with van der Waals surface area (Å²) in [6.45, 7) is -0.742. The second kappa shape index (κ2) is 9.64. The van der Waals surface area contributed by atoms with Crippen LogP contribution in [0.25, 0.3) is 0 Å². The van der Waals surface area contributed by atoms with Crippen LogP contribution in [0, 0.1) is 0 Å². The molecule has 2 heterocycles. The molecule has 10 atom stereocenters. The van der Waals surface area contributed by atoms with Gasteiger partial charge in [-0.25, -0.2) is 0 Å². The molecule has 0 aliphatic carbocycles. The van der Waals surface area contributed by atoms with Gasteiger partial charge < -0.3 is 50.3 Å². The first kappa shape index (κ1) is 21.8. The summed E-state index contributed by atoms with van der Waals surface area (Å²) in [5, 5.41) is 82.4. The SMILES string of the molecule is OC[C@H]1OC(NCCNC2O[C@H](CO)[C@@H](O)[C@H](O)[C@H]2O)[C@H](O)[C@@H](O)[C@@H]1O. The maximum absolute atomic E-state index is 9.89. The fraction of sp³-hybridized carbons (Fsp3) is 1.00. The number of ether oxygens (including phenoxy) is 2. The van der Waals surface area contributed by atoms with Gasteiger partial charge in [0, 0.05) is 13.1 Å². The molecule has 0 aromatic rings. The number of nitrogens with one attached hydrogen (secondary N) is 2. The topological polar surface area (TPSA) is 204 Å². The van der Waals surface area contributed by atoms with Gasteiger partial charge >= 0.3 is 0 Å². The average Bonchev–Trinajstić information content (AvgIpc) is 2.64. The van der Waals surface area contributed by atoms with Gasteiger partial charge in [-0.05, 0) is 0 Å². The highest BCUT2D eigenvalue weighted by molar-refractivity contribution is 4.92. The second-order valence-electron chi connectivity index (χ2n) is 6.41. The lowest BCUT2D eigenvalue weighted by molar-refractivity contribution is -0.239. The van der Waals surface area contributed by atoms with Gasteiger partial charge in [0.25, 0.3) is 0 Å². The zero-order valence-electron chi connectivity index (χ0n) is 14.0. The third-order valence-electron chi connectivity index (χ3n) is 4.60. The minimum absolute atomic E-state index is 0.164. The summed E-state index contributed by atoms with van der Waals surface area (Å²) in [7, 11) is 0. The van der Waals surface area contributed by atoms with E-state index < -0.39 is 74.5 Å². The monoisotopic (exact) mass is 384 g/mol. The zero-order chi connectivity index (χ0) is 19.4. The Hall–Kier alpha value is -0.480. The standard InChI is InChI=1S/C14H28N2O10/c17-3-5-7(19)9(21)11(23)13(25-5)15-1-2-16-14-12(24)10(22)8(20)6(4-18)26-14/h5-24H,1-4H2/t5-,6-,7-,8-,9+,10+,11-,12-,13?,14?/m1/s1. The Morgan fingerprint density at radius 1 is 0.538 bits per heavy atom. The molecule has 154 valence electrons. The van der Waals surface area contributed by atoms with Gasteiger partial charge in [0.2, 0.25) is 0 Å². The Bertz CT molecular complexity index is 391. The van der Waals surface area contributed by atoms with Crippen LogP contribution in [-0.4, -0.2) is 128 Å². The van der Waals surface area contributed by atoms with E-state index in [0.29, 0.717) is 0 Å². The Labute approximate surface area is 149 Å². The van der Waals surface area contributed by atoms with E-state index in [1.54, 1.807) is 0 Å². The highest BCUT2D eigenvalue weighted by Gasteiger charge is 2.44. The van der Waals surface area contributed by atoms with E-state index in [0.717, 1.165) is 0 Å². The number of rotatable bonds is 7. The van der Waals surface area contributed by atoms with Crippen LogP contribution in [0.4, 0.5) is 0 Å². The van der Waals surface area contributed by atoms with Gasteiger partial charge in [-0.15, -0.1) is 0 Å². The van der Waals surface area contributed by atoms with Crippen LogP contribution in [0.3, 0.4) is 0 Å². The van der Waals surface area contributed by atoms with Crippen LogP contribution in [0.5, 0.6) is 0 Å². The van der Waals surface area contributed by atoms with Crippen LogP contribution in [0.2, 0.25) is 0 Å². The largest absolute Gasteiger partial charge is 0.394 e. The van der Waals surface area contributed by atoms with E-state index in [4.69, 9.17) is 19.7 Å². The first-order valence-corrected chi connectivity index (χ1v) is 8.39. The van der Waals surface area contributed by atoms with E-state index in [1.165, 1.54) is 0 Å². The molecule has 0 radical (unpaired) electrons. The Balaban J connectivity index is 1.79. The van der Waals surface area contributed by atoms with Crippen molar-refractivity contribution < 1.29 is 50.3 Å². The lowest BCUT2D eigenvalue weighted by atomic mass is 9.98. The molecule has 26 heavy (non-hydrogen) atoms. The Morgan fingerprint density at radius 2 is 0.885 bits per heavy atom. The van der Waals surface area contributed by atoms with Crippen molar-refractivity contribution >= 4 is 0 Å². The molecule has 0 amide bonds. The quantitative estimate of drug-likeness (QED) is 0.186. The van der Waals surface area contributed by atoms with Gasteiger partial charge in [0.1, 0.15) is 61.3 Å². The van der Waals surface area contributed by atoms with Crippen molar-refractivity contribution in [2.24, 2.45) is 0 Å². The van der Waals surface area contributed by atoms with Crippen LogP contribution in [0.1, 0.15) is 0 Å². The molecule has 0 spiro atoms. The summed E-state index contributed by atoms with van der Waals surface area (Å²) < 4.78 is 10.5. The molecule has 2 rings (SSSR count). The Kier molecular flexibility index (Phi) is 8.08. The molecular formula is C14H28N2O10. The number of hydrogen-bond acceptors (Lipinski definition) is 12. The van der Waals surface area contributed by atoms with Gasteiger partial charge in [0.15, 0.2) is 0 Å². The fourth-order valence-electron chi connectivity index (χ4n) is 2.97. The maximum Gasteiger partial charge on any atom is 0.137 e. The summed E-state index contributed by atoms with van der Waals surface area (Å²) in [4.78, 5) is 0. The summed E-state index contributed by atoms with van der Waals surface area (Å²) >= 11 is 0. The van der Waals surface area contributed by atoms with Gasteiger partial charge in [-0.1, -0.05) is 0 Å². The van der Waals surface area contributed by atoms with Gasteiger partial charge in [-0.2, -0.15) is 0 Å². The van der Waals surface area contributed by atoms with Crippen molar-refractivity contribution in [3.8, 4) is 0 Å². The van der Waals surface area contributed by atoms with Crippen LogP contribution >= 0.6 is 0 Å². The molecule has 2 unspecified atom stereocenters. The lowest BCUT2D eigenvalue weighted by Crippen LogP contribution is -2.64. The minimum Gasteiger partial charge on any atom is -0.394 e. The lowest BCUT2D eigenvalue weighted by Gasteiger charge is -2.41. The molecule has 0 bridgehead atoms. The van der Waals surface area contributed by atoms with Crippen molar-refractivity contribution in [3.05, 3.63) is 0 Å². The predicted octanol–water partition coefficient (Wildman–Crippen LogP) is -6.23. The van der Waals surface area contributed by atoms with E-state index in [9.17, 15) is 30.6 Å². The van der Waals surface area contributed by atoms with Crippen LogP contribution < -0.4 is 10.6 Å². The highest BCUT2D eigenvalue weighted by atomic mass is 16.6. The minimum atomic E-state index is -1.49. The van der Waals surface area contributed by atoms with E-state index in [-0.39, 0.29) is 13.1 Å². The van der Waals surface area contributed by atoms with Gasteiger partial charge in [0.05, 0.1) is 13.2 Å². The smallest absolute Gasteiger partial charge is 0.137 e. The third kappa shape index (κ3) is 4.67. The Morgan fingerprint density at radius 3 is 1.19 bits per heavy atom. The van der Waals surface area contributed by atoms with E-state index in [1.807, 2.05) is 0 Å². The molecule has 0 aromatic carbocycles. The molecule has 2 aliphatic heterocycles. The molecule has 0 saturated carbocycles. The van der Waals surface area contributed by atoms with Gasteiger partial charge in [-0.3, -0.25) is 10.6 Å². The molecule has 0 aromatic heterocycles. The number of hydrogen-bond donors (Lipinski definition) is 10. The van der Waals surface area contributed by atoms with Crippen molar-refractivity contribution in [3.63, 3.8) is 0 Å². The van der Waals surface area contributed by atoms with Crippen LogP contribution in [0.15, 0.2) is 0 Å². The first-order valence-electron chi connectivity index (χ1n) is 8.39. The summed E-state index contributed by atoms with van der Waals surface area (Å²) in [5.41, 5.74) is 0. The summed E-state index contributed by atoms with van der Waals surface area (Å²) in [6, 6.07) is 0. The normalized spacial score (nSPS) is 47.1. The molecule has 12 nitrogen and oxygen atoms in total. The van der Waals surface area contributed by atoms with E-state index in [2.05, 4.69) is 10.6 Å². The number of aliphatic hydroxyl groups excluding tert-OH is 8. The van der Waals surface area contributed by atoms with Crippen LogP contribution in [-0.2, 0) is 9.47 Å². The molecule has 10 N–H and O–H groups in total. The molecule has 2 aliphatic rings. The molecular weight excluding hydrogens is 356 g/mol. The van der Waals surface area contributed by atoms with Crippen molar-refractivity contribution in [2.75, 3.05) is 26.3 Å². The third-order valence-corrected chi connectivity index (χ3v) is 4.60. The second-order valence-corrected chi connectivity index (χ2v) is 6.41. The first-order chi connectivity index (χ1) is 12.3.